The number of nitrogen functional groups attached to an aromatic ring is 1. The molecule has 3 aliphatic rings. The van der Waals surface area contributed by atoms with Gasteiger partial charge < -0.3 is 25.0 Å². The van der Waals surface area contributed by atoms with Gasteiger partial charge in [-0.15, -0.1) is 0 Å². The number of piperidine rings is 2. The van der Waals surface area contributed by atoms with Crippen molar-refractivity contribution < 1.29 is 14.3 Å². The molecule has 2 aromatic rings. The molecule has 7 nitrogen and oxygen atoms in total. The number of benzene rings is 1. The highest BCUT2D eigenvalue weighted by atomic mass is 16.5. The molecule has 0 bridgehead atoms. The first-order valence-electron chi connectivity index (χ1n) is 13.0. The van der Waals surface area contributed by atoms with Crippen LogP contribution in [0.3, 0.4) is 0 Å². The molecule has 0 saturated carbocycles. The standard InChI is InChI=1S/C29H36N4O3/c1-35-27-19-25(36-24-13-17-32(18-14-24)28-10-7-23(30)20-31-28)8-9-26(27)29(34)33-15-11-22(12-16-33)21-5-3-2-4-6-21/h3-10,19-22,24H,2,11-18,30H2,1H3. The number of likely N-dealkylation sites (tertiary alicyclic amines) is 1. The van der Waals surface area contributed by atoms with Crippen molar-refractivity contribution in [1.82, 2.24) is 9.88 Å². The lowest BCUT2D eigenvalue weighted by Gasteiger charge is -2.35. The van der Waals surface area contributed by atoms with Crippen molar-refractivity contribution in [2.24, 2.45) is 11.8 Å². The largest absolute Gasteiger partial charge is 0.496 e. The summed E-state index contributed by atoms with van der Waals surface area (Å²) in [4.78, 5) is 22.0. The fraction of sp³-hybridized carbons (Fsp3) is 0.448. The Morgan fingerprint density at radius 3 is 2.42 bits per heavy atom. The van der Waals surface area contributed by atoms with Crippen LogP contribution in [0.1, 0.15) is 42.5 Å². The summed E-state index contributed by atoms with van der Waals surface area (Å²) in [5.74, 6) is 3.42. The van der Waals surface area contributed by atoms with Gasteiger partial charge in [-0.2, -0.15) is 0 Å². The fourth-order valence-electron chi connectivity index (χ4n) is 5.49. The van der Waals surface area contributed by atoms with Crippen LogP contribution in [-0.2, 0) is 0 Å². The van der Waals surface area contributed by atoms with Crippen LogP contribution in [0.4, 0.5) is 11.5 Å². The van der Waals surface area contributed by atoms with Gasteiger partial charge in [0.05, 0.1) is 24.6 Å². The predicted octanol–water partition coefficient (Wildman–Crippen LogP) is 4.70. The maximum absolute atomic E-state index is 13.3. The molecule has 2 N–H and O–H groups in total. The van der Waals surface area contributed by atoms with Gasteiger partial charge in [0.25, 0.3) is 5.91 Å². The van der Waals surface area contributed by atoms with Gasteiger partial charge in [-0.1, -0.05) is 24.3 Å². The third-order valence-corrected chi connectivity index (χ3v) is 7.60. The Labute approximate surface area is 213 Å². The fourth-order valence-corrected chi connectivity index (χ4v) is 5.49. The first kappa shape index (κ1) is 24.2. The number of anilines is 2. The van der Waals surface area contributed by atoms with Gasteiger partial charge in [0.15, 0.2) is 0 Å². The molecular weight excluding hydrogens is 452 g/mol. The van der Waals surface area contributed by atoms with Gasteiger partial charge in [-0.3, -0.25) is 4.79 Å². The number of nitrogens with two attached hydrogens (primary N) is 1. The Kier molecular flexibility index (Phi) is 7.44. The normalized spacial score (nSPS) is 19.5. The highest BCUT2D eigenvalue weighted by Gasteiger charge is 2.29. The molecule has 7 heteroatoms. The van der Waals surface area contributed by atoms with Crippen LogP contribution in [0.5, 0.6) is 11.5 Å². The van der Waals surface area contributed by atoms with E-state index in [2.05, 4.69) is 34.2 Å². The SMILES string of the molecule is COc1cc(OC2CCN(c3ccc(N)cn3)CC2)ccc1C(=O)N1CCC(C2C=CCC=C2)CC1. The Hall–Kier alpha value is -3.48. The molecule has 0 atom stereocenters. The van der Waals surface area contributed by atoms with E-state index >= 15 is 0 Å². The number of hydrogen-bond donors (Lipinski definition) is 1. The molecular formula is C29H36N4O3. The molecule has 1 amide bonds. The number of rotatable bonds is 6. The Balaban J connectivity index is 1.16. The van der Waals surface area contributed by atoms with Gasteiger partial charge in [-0.25, -0.2) is 4.98 Å². The zero-order valence-corrected chi connectivity index (χ0v) is 21.0. The van der Waals surface area contributed by atoms with E-state index < -0.39 is 0 Å². The van der Waals surface area contributed by atoms with E-state index in [0.29, 0.717) is 28.8 Å². The molecule has 1 aromatic heterocycles. The molecule has 190 valence electrons. The van der Waals surface area contributed by atoms with Crippen LogP contribution in [0, 0.1) is 11.8 Å². The van der Waals surface area contributed by atoms with Crippen LogP contribution in [0.25, 0.3) is 0 Å². The maximum atomic E-state index is 13.3. The second kappa shape index (κ2) is 11.1. The molecule has 2 aliphatic heterocycles. The molecule has 2 fully saturated rings. The summed E-state index contributed by atoms with van der Waals surface area (Å²) in [7, 11) is 1.61. The molecule has 0 radical (unpaired) electrons. The third-order valence-electron chi connectivity index (χ3n) is 7.60. The number of methoxy groups -OCH3 is 1. The quantitative estimate of drug-likeness (QED) is 0.594. The third kappa shape index (κ3) is 5.50. The van der Waals surface area contributed by atoms with E-state index in [0.717, 1.165) is 69.9 Å². The van der Waals surface area contributed by atoms with Gasteiger partial charge in [0.2, 0.25) is 0 Å². The number of amides is 1. The minimum Gasteiger partial charge on any atom is -0.496 e. The van der Waals surface area contributed by atoms with E-state index in [-0.39, 0.29) is 12.0 Å². The number of ether oxygens (including phenoxy) is 2. The monoisotopic (exact) mass is 488 g/mol. The molecule has 5 rings (SSSR count). The first-order chi connectivity index (χ1) is 17.6. The zero-order valence-electron chi connectivity index (χ0n) is 21.0. The van der Waals surface area contributed by atoms with Gasteiger partial charge in [0, 0.05) is 45.1 Å². The smallest absolute Gasteiger partial charge is 0.257 e. The summed E-state index contributed by atoms with van der Waals surface area (Å²) in [5.41, 5.74) is 7.03. The predicted molar refractivity (Wildman–Crippen MR) is 143 cm³/mol. The van der Waals surface area contributed by atoms with Crippen LogP contribution in [-0.4, -0.2) is 55.2 Å². The Bertz CT molecular complexity index is 1090. The van der Waals surface area contributed by atoms with E-state index in [1.54, 1.807) is 13.3 Å². The number of pyridine rings is 1. The van der Waals surface area contributed by atoms with Gasteiger partial charge in [-0.05, 0) is 55.4 Å². The number of nitrogens with zero attached hydrogens (tertiary/aromatic N) is 3. The van der Waals surface area contributed by atoms with E-state index in [1.165, 1.54) is 0 Å². The van der Waals surface area contributed by atoms with Gasteiger partial charge in [0.1, 0.15) is 23.4 Å². The average molecular weight is 489 g/mol. The molecule has 3 heterocycles. The Morgan fingerprint density at radius 2 is 1.75 bits per heavy atom. The lowest BCUT2D eigenvalue weighted by atomic mass is 9.82. The highest BCUT2D eigenvalue weighted by Crippen LogP contribution is 2.32. The molecule has 2 saturated heterocycles. The van der Waals surface area contributed by atoms with Crippen molar-refractivity contribution >= 4 is 17.4 Å². The number of aromatic nitrogens is 1. The number of carbonyl (C=O) groups excluding carboxylic acids is 1. The Morgan fingerprint density at radius 1 is 1.00 bits per heavy atom. The van der Waals surface area contributed by atoms with E-state index in [4.69, 9.17) is 15.2 Å². The second-order valence-corrected chi connectivity index (χ2v) is 9.92. The lowest BCUT2D eigenvalue weighted by molar-refractivity contribution is 0.0676. The lowest BCUT2D eigenvalue weighted by Crippen LogP contribution is -2.40. The van der Waals surface area contributed by atoms with E-state index in [1.807, 2.05) is 35.2 Å². The van der Waals surface area contributed by atoms with E-state index in [9.17, 15) is 4.79 Å². The summed E-state index contributed by atoms with van der Waals surface area (Å²) in [6.45, 7) is 3.31. The number of allylic oxidation sites excluding steroid dienone is 4. The average Bonchev–Trinajstić information content (AvgIpc) is 2.94. The van der Waals surface area contributed by atoms with Crippen molar-refractivity contribution in [2.45, 2.75) is 38.2 Å². The minimum absolute atomic E-state index is 0.0379. The van der Waals surface area contributed by atoms with Crippen molar-refractivity contribution in [3.8, 4) is 11.5 Å². The molecule has 1 aliphatic carbocycles. The van der Waals surface area contributed by atoms with Crippen LogP contribution >= 0.6 is 0 Å². The summed E-state index contributed by atoms with van der Waals surface area (Å²) in [6.07, 6.45) is 15.8. The molecule has 0 unspecified atom stereocenters. The summed E-state index contributed by atoms with van der Waals surface area (Å²) >= 11 is 0. The van der Waals surface area contributed by atoms with Crippen LogP contribution < -0.4 is 20.1 Å². The number of carbonyl (C=O) groups is 1. The summed E-state index contributed by atoms with van der Waals surface area (Å²) < 4.78 is 11.9. The summed E-state index contributed by atoms with van der Waals surface area (Å²) in [6, 6.07) is 9.44. The maximum Gasteiger partial charge on any atom is 0.257 e. The minimum atomic E-state index is 0.0379. The first-order valence-corrected chi connectivity index (χ1v) is 13.0. The highest BCUT2D eigenvalue weighted by molar-refractivity contribution is 5.97. The van der Waals surface area contributed by atoms with Crippen molar-refractivity contribution in [1.29, 1.82) is 0 Å². The van der Waals surface area contributed by atoms with Crippen LogP contribution in [0.2, 0.25) is 0 Å². The van der Waals surface area contributed by atoms with Crippen LogP contribution in [0.15, 0.2) is 60.8 Å². The van der Waals surface area contributed by atoms with Crippen molar-refractivity contribution in [3.63, 3.8) is 0 Å². The zero-order chi connectivity index (χ0) is 24.9. The summed E-state index contributed by atoms with van der Waals surface area (Å²) in [5, 5.41) is 0. The topological polar surface area (TPSA) is 80.9 Å². The molecule has 1 aromatic carbocycles. The van der Waals surface area contributed by atoms with Crippen molar-refractivity contribution in [2.75, 3.05) is 43.9 Å². The second-order valence-electron chi connectivity index (χ2n) is 9.92. The van der Waals surface area contributed by atoms with Crippen molar-refractivity contribution in [3.05, 3.63) is 66.4 Å². The molecule has 0 spiro atoms. The number of hydrogen-bond acceptors (Lipinski definition) is 6. The molecule has 36 heavy (non-hydrogen) atoms. The van der Waals surface area contributed by atoms with Gasteiger partial charge >= 0.3 is 0 Å².